The van der Waals surface area contributed by atoms with Crippen LogP contribution in [0.4, 0.5) is 0 Å². The molecule has 1 atom stereocenters. The molecular weight excluding hydrogens is 240 g/mol. The van der Waals surface area contributed by atoms with E-state index in [9.17, 15) is 5.11 Å². The quantitative estimate of drug-likeness (QED) is 0.917. The summed E-state index contributed by atoms with van der Waals surface area (Å²) in [6.07, 6.45) is 0.152. The Kier molecular flexibility index (Phi) is 3.90. The van der Waals surface area contributed by atoms with Gasteiger partial charge in [-0.15, -0.1) is 0 Å². The lowest BCUT2D eigenvalue weighted by Gasteiger charge is -2.14. The summed E-state index contributed by atoms with van der Waals surface area (Å²) in [6.45, 7) is 5.83. The molecule has 2 aromatic rings. The SMILES string of the molecule is CC[C@@H](O)c1ccccc1Oc1c(C)nn(C)c1C. The molecular formula is C15H20N2O2. The number of hydrogen-bond acceptors (Lipinski definition) is 3. The molecule has 0 saturated heterocycles. The lowest BCUT2D eigenvalue weighted by atomic mass is 10.1. The summed E-state index contributed by atoms with van der Waals surface area (Å²) < 4.78 is 7.77. The van der Waals surface area contributed by atoms with E-state index in [1.54, 1.807) is 4.68 Å². The molecule has 4 heteroatoms. The van der Waals surface area contributed by atoms with Crippen LogP contribution in [-0.4, -0.2) is 14.9 Å². The van der Waals surface area contributed by atoms with Gasteiger partial charge in [-0.05, 0) is 26.3 Å². The number of para-hydroxylation sites is 1. The lowest BCUT2D eigenvalue weighted by Crippen LogP contribution is -1.99. The molecule has 1 N–H and O–H groups in total. The Labute approximate surface area is 113 Å². The van der Waals surface area contributed by atoms with E-state index in [0.717, 1.165) is 22.7 Å². The first-order valence-corrected chi connectivity index (χ1v) is 6.49. The minimum Gasteiger partial charge on any atom is -0.453 e. The van der Waals surface area contributed by atoms with Crippen LogP contribution in [0.25, 0.3) is 0 Å². The van der Waals surface area contributed by atoms with Crippen molar-refractivity contribution in [3.05, 3.63) is 41.2 Å². The molecule has 102 valence electrons. The molecule has 0 aliphatic carbocycles. The van der Waals surface area contributed by atoms with Crippen molar-refractivity contribution in [1.82, 2.24) is 9.78 Å². The van der Waals surface area contributed by atoms with Crippen LogP contribution in [0, 0.1) is 13.8 Å². The zero-order valence-corrected chi connectivity index (χ0v) is 11.8. The molecule has 2 rings (SSSR count). The fourth-order valence-corrected chi connectivity index (χ4v) is 2.08. The number of aliphatic hydroxyl groups is 1. The lowest BCUT2D eigenvalue weighted by molar-refractivity contribution is 0.170. The number of aliphatic hydroxyl groups excluding tert-OH is 1. The predicted octanol–water partition coefficient (Wildman–Crippen LogP) is 3.27. The molecule has 0 radical (unpaired) electrons. The molecule has 0 aliphatic heterocycles. The van der Waals surface area contributed by atoms with E-state index in [1.807, 2.05) is 52.1 Å². The van der Waals surface area contributed by atoms with E-state index in [0.29, 0.717) is 12.2 Å². The van der Waals surface area contributed by atoms with Crippen molar-refractivity contribution in [3.63, 3.8) is 0 Å². The molecule has 1 aromatic heterocycles. The third kappa shape index (κ3) is 2.63. The van der Waals surface area contributed by atoms with Crippen molar-refractivity contribution in [1.29, 1.82) is 0 Å². The molecule has 1 heterocycles. The minimum atomic E-state index is -0.506. The van der Waals surface area contributed by atoms with Crippen LogP contribution < -0.4 is 4.74 Å². The molecule has 0 aliphatic rings. The Morgan fingerprint density at radius 1 is 1.32 bits per heavy atom. The highest BCUT2D eigenvalue weighted by molar-refractivity contribution is 5.42. The Morgan fingerprint density at radius 3 is 2.58 bits per heavy atom. The first kappa shape index (κ1) is 13.6. The van der Waals surface area contributed by atoms with Crippen LogP contribution in [0.1, 0.15) is 36.4 Å². The first-order valence-electron chi connectivity index (χ1n) is 6.49. The van der Waals surface area contributed by atoms with Crippen LogP contribution >= 0.6 is 0 Å². The fourth-order valence-electron chi connectivity index (χ4n) is 2.08. The molecule has 4 nitrogen and oxygen atoms in total. The van der Waals surface area contributed by atoms with Gasteiger partial charge in [-0.2, -0.15) is 5.10 Å². The largest absolute Gasteiger partial charge is 0.453 e. The number of ether oxygens (including phenoxy) is 1. The van der Waals surface area contributed by atoms with E-state index < -0.39 is 6.10 Å². The van der Waals surface area contributed by atoms with Crippen molar-refractivity contribution in [2.75, 3.05) is 0 Å². The second kappa shape index (κ2) is 5.45. The average Bonchev–Trinajstić information content (AvgIpc) is 2.65. The number of nitrogens with zero attached hydrogens (tertiary/aromatic N) is 2. The van der Waals surface area contributed by atoms with Crippen molar-refractivity contribution in [2.24, 2.45) is 7.05 Å². The van der Waals surface area contributed by atoms with Gasteiger partial charge in [0.15, 0.2) is 5.75 Å². The van der Waals surface area contributed by atoms with Gasteiger partial charge in [0, 0.05) is 12.6 Å². The number of aryl methyl sites for hydroxylation is 2. The van der Waals surface area contributed by atoms with Gasteiger partial charge in [-0.1, -0.05) is 25.1 Å². The van der Waals surface area contributed by atoms with Gasteiger partial charge in [-0.3, -0.25) is 4.68 Å². The summed E-state index contributed by atoms with van der Waals surface area (Å²) in [5.41, 5.74) is 2.63. The van der Waals surface area contributed by atoms with Crippen LogP contribution in [0.3, 0.4) is 0 Å². The third-order valence-corrected chi connectivity index (χ3v) is 3.32. The first-order chi connectivity index (χ1) is 9.04. The Balaban J connectivity index is 2.38. The Hall–Kier alpha value is -1.81. The second-order valence-corrected chi connectivity index (χ2v) is 4.69. The molecule has 0 unspecified atom stereocenters. The van der Waals surface area contributed by atoms with Gasteiger partial charge < -0.3 is 9.84 Å². The number of hydrogen-bond donors (Lipinski definition) is 1. The molecule has 0 amide bonds. The second-order valence-electron chi connectivity index (χ2n) is 4.69. The summed E-state index contributed by atoms with van der Waals surface area (Å²) in [5, 5.41) is 14.4. The zero-order valence-electron chi connectivity index (χ0n) is 11.8. The van der Waals surface area contributed by atoms with E-state index >= 15 is 0 Å². The Morgan fingerprint density at radius 2 is 2.00 bits per heavy atom. The molecule has 1 aromatic carbocycles. The van der Waals surface area contributed by atoms with Crippen molar-refractivity contribution in [2.45, 2.75) is 33.3 Å². The highest BCUT2D eigenvalue weighted by Crippen LogP contribution is 2.33. The maximum atomic E-state index is 10.0. The van der Waals surface area contributed by atoms with Gasteiger partial charge in [0.1, 0.15) is 11.4 Å². The highest BCUT2D eigenvalue weighted by atomic mass is 16.5. The molecule has 0 bridgehead atoms. The van der Waals surface area contributed by atoms with Gasteiger partial charge in [0.25, 0.3) is 0 Å². The zero-order chi connectivity index (χ0) is 14.0. The smallest absolute Gasteiger partial charge is 0.171 e. The number of rotatable bonds is 4. The van der Waals surface area contributed by atoms with Crippen LogP contribution in [0.2, 0.25) is 0 Å². The predicted molar refractivity (Wildman–Crippen MR) is 74.4 cm³/mol. The Bertz CT molecular complexity index is 576. The maximum absolute atomic E-state index is 10.0. The third-order valence-electron chi connectivity index (χ3n) is 3.32. The fraction of sp³-hybridized carbons (Fsp3) is 0.400. The van der Waals surface area contributed by atoms with E-state index in [4.69, 9.17) is 4.74 Å². The summed E-state index contributed by atoms with van der Waals surface area (Å²) in [6, 6.07) is 7.58. The standard InChI is InChI=1S/C15H20N2O2/c1-5-13(18)12-8-6-7-9-14(12)19-15-10(2)16-17(4)11(15)3/h6-9,13,18H,5H2,1-4H3/t13-/m1/s1. The van der Waals surface area contributed by atoms with Gasteiger partial charge >= 0.3 is 0 Å². The van der Waals surface area contributed by atoms with E-state index in [-0.39, 0.29) is 0 Å². The monoisotopic (exact) mass is 260 g/mol. The van der Waals surface area contributed by atoms with Crippen LogP contribution in [0.5, 0.6) is 11.5 Å². The van der Waals surface area contributed by atoms with E-state index in [1.165, 1.54) is 0 Å². The molecule has 0 saturated carbocycles. The maximum Gasteiger partial charge on any atom is 0.171 e. The van der Waals surface area contributed by atoms with Crippen LogP contribution in [0.15, 0.2) is 24.3 Å². The summed E-state index contributed by atoms with van der Waals surface area (Å²) in [5.74, 6) is 1.45. The van der Waals surface area contributed by atoms with Crippen molar-refractivity contribution in [3.8, 4) is 11.5 Å². The molecule has 0 spiro atoms. The van der Waals surface area contributed by atoms with Gasteiger partial charge in [0.05, 0.1) is 11.8 Å². The van der Waals surface area contributed by atoms with Crippen LogP contribution in [-0.2, 0) is 7.05 Å². The van der Waals surface area contributed by atoms with E-state index in [2.05, 4.69) is 5.10 Å². The van der Waals surface area contributed by atoms with Crippen molar-refractivity contribution >= 4 is 0 Å². The normalized spacial score (nSPS) is 12.5. The number of benzene rings is 1. The summed E-state index contributed by atoms with van der Waals surface area (Å²) in [4.78, 5) is 0. The highest BCUT2D eigenvalue weighted by Gasteiger charge is 2.16. The van der Waals surface area contributed by atoms with Gasteiger partial charge in [-0.25, -0.2) is 0 Å². The number of aromatic nitrogens is 2. The summed E-state index contributed by atoms with van der Waals surface area (Å²) in [7, 11) is 1.89. The van der Waals surface area contributed by atoms with Gasteiger partial charge in [0.2, 0.25) is 0 Å². The summed E-state index contributed by atoms with van der Waals surface area (Å²) >= 11 is 0. The average molecular weight is 260 g/mol. The van der Waals surface area contributed by atoms with Crippen molar-refractivity contribution < 1.29 is 9.84 Å². The molecule has 0 fully saturated rings. The minimum absolute atomic E-state index is 0.506. The molecule has 19 heavy (non-hydrogen) atoms. The topological polar surface area (TPSA) is 47.3 Å².